The molecule has 0 aliphatic carbocycles. The van der Waals surface area contributed by atoms with E-state index < -0.39 is 6.04 Å². The minimum atomic E-state index is -0.463. The van der Waals surface area contributed by atoms with Gasteiger partial charge < -0.3 is 15.8 Å². The average molecular weight is 222 g/mol. The molecule has 0 unspecified atom stereocenters. The number of hydrogen-bond donors (Lipinski definition) is 2. The second-order valence-corrected chi connectivity index (χ2v) is 3.58. The van der Waals surface area contributed by atoms with Crippen LogP contribution in [0.1, 0.15) is 19.8 Å². The van der Waals surface area contributed by atoms with Gasteiger partial charge in [0.05, 0.1) is 18.8 Å². The number of carbonyl (C=O) groups excluding carboxylic acids is 1. The second-order valence-electron chi connectivity index (χ2n) is 3.58. The zero-order chi connectivity index (χ0) is 12.0. The minimum Gasteiger partial charge on any atom is -0.495 e. The third-order valence-corrected chi connectivity index (χ3v) is 2.30. The number of nitrogens with two attached hydrogens (primary N) is 1. The first-order valence-corrected chi connectivity index (χ1v) is 5.38. The van der Waals surface area contributed by atoms with Crippen LogP contribution in [0.2, 0.25) is 0 Å². The first-order chi connectivity index (χ1) is 7.69. The highest BCUT2D eigenvalue weighted by Gasteiger charge is 2.13. The van der Waals surface area contributed by atoms with Gasteiger partial charge in [-0.15, -0.1) is 0 Å². The molecule has 4 nitrogen and oxygen atoms in total. The van der Waals surface area contributed by atoms with Crippen molar-refractivity contribution in [3.8, 4) is 5.75 Å². The Balaban J connectivity index is 2.69. The van der Waals surface area contributed by atoms with Gasteiger partial charge in [-0.3, -0.25) is 4.79 Å². The zero-order valence-electron chi connectivity index (χ0n) is 9.69. The summed E-state index contributed by atoms with van der Waals surface area (Å²) in [4.78, 5) is 11.7. The van der Waals surface area contributed by atoms with Crippen LogP contribution in [0.5, 0.6) is 5.75 Å². The first-order valence-electron chi connectivity index (χ1n) is 5.38. The van der Waals surface area contributed by atoms with Crippen LogP contribution in [-0.4, -0.2) is 19.1 Å². The van der Waals surface area contributed by atoms with Crippen molar-refractivity contribution >= 4 is 11.6 Å². The van der Waals surface area contributed by atoms with Gasteiger partial charge >= 0.3 is 0 Å². The third kappa shape index (κ3) is 3.24. The maximum atomic E-state index is 11.7. The molecule has 0 fully saturated rings. The largest absolute Gasteiger partial charge is 0.495 e. The van der Waals surface area contributed by atoms with E-state index in [1.165, 1.54) is 0 Å². The van der Waals surface area contributed by atoms with Crippen molar-refractivity contribution in [2.75, 3.05) is 12.4 Å². The molecule has 1 aromatic carbocycles. The van der Waals surface area contributed by atoms with Gasteiger partial charge in [0.25, 0.3) is 0 Å². The van der Waals surface area contributed by atoms with Crippen LogP contribution in [0.15, 0.2) is 24.3 Å². The van der Waals surface area contributed by atoms with Crippen LogP contribution in [0.3, 0.4) is 0 Å². The fraction of sp³-hybridized carbons (Fsp3) is 0.417. The molecule has 1 aromatic rings. The highest BCUT2D eigenvalue weighted by Crippen LogP contribution is 2.23. The number of amides is 1. The van der Waals surface area contributed by atoms with E-state index in [0.29, 0.717) is 17.9 Å². The Bertz CT molecular complexity index is 353. The van der Waals surface area contributed by atoms with Gasteiger partial charge in [-0.05, 0) is 18.6 Å². The standard InChI is InChI=1S/C12H18N2O2/c1-3-6-9(13)12(15)14-10-7-4-5-8-11(10)16-2/h4-5,7-9H,3,6,13H2,1-2H3,(H,14,15)/t9-/m0/s1. The number of ether oxygens (including phenoxy) is 1. The molecular weight excluding hydrogens is 204 g/mol. The summed E-state index contributed by atoms with van der Waals surface area (Å²) in [6, 6.07) is 6.80. The minimum absolute atomic E-state index is 0.175. The number of para-hydroxylation sites is 2. The molecule has 0 spiro atoms. The lowest BCUT2D eigenvalue weighted by Gasteiger charge is -2.13. The van der Waals surface area contributed by atoms with Crippen molar-refractivity contribution in [1.29, 1.82) is 0 Å². The summed E-state index contributed by atoms with van der Waals surface area (Å²) in [5, 5.41) is 2.76. The Labute approximate surface area is 95.8 Å². The summed E-state index contributed by atoms with van der Waals surface area (Å²) in [7, 11) is 1.57. The highest BCUT2D eigenvalue weighted by molar-refractivity contribution is 5.95. The second kappa shape index (κ2) is 6.12. The third-order valence-electron chi connectivity index (χ3n) is 2.30. The van der Waals surface area contributed by atoms with E-state index in [4.69, 9.17) is 10.5 Å². The molecule has 0 radical (unpaired) electrons. The van der Waals surface area contributed by atoms with Crippen LogP contribution in [-0.2, 0) is 4.79 Å². The van der Waals surface area contributed by atoms with Crippen molar-refractivity contribution in [2.45, 2.75) is 25.8 Å². The van der Waals surface area contributed by atoms with E-state index in [1.807, 2.05) is 19.1 Å². The predicted molar refractivity (Wildman–Crippen MR) is 64.5 cm³/mol. The van der Waals surface area contributed by atoms with Gasteiger partial charge in [-0.2, -0.15) is 0 Å². The molecule has 0 bridgehead atoms. The molecular formula is C12H18N2O2. The highest BCUT2D eigenvalue weighted by atomic mass is 16.5. The van der Waals surface area contributed by atoms with E-state index in [1.54, 1.807) is 19.2 Å². The topological polar surface area (TPSA) is 64.4 Å². The van der Waals surface area contributed by atoms with Crippen molar-refractivity contribution < 1.29 is 9.53 Å². The van der Waals surface area contributed by atoms with Crippen LogP contribution in [0, 0.1) is 0 Å². The van der Waals surface area contributed by atoms with Crippen LogP contribution in [0.25, 0.3) is 0 Å². The summed E-state index contributed by atoms with van der Waals surface area (Å²) in [6.07, 6.45) is 1.57. The number of nitrogens with one attached hydrogen (secondary N) is 1. The number of anilines is 1. The lowest BCUT2D eigenvalue weighted by molar-refractivity contribution is -0.117. The Hall–Kier alpha value is -1.55. The molecule has 1 rings (SSSR count). The van der Waals surface area contributed by atoms with Crippen molar-refractivity contribution in [3.63, 3.8) is 0 Å². The van der Waals surface area contributed by atoms with E-state index >= 15 is 0 Å². The van der Waals surface area contributed by atoms with Crippen LogP contribution < -0.4 is 15.8 Å². The molecule has 1 amide bonds. The Morgan fingerprint density at radius 2 is 2.19 bits per heavy atom. The normalized spacial score (nSPS) is 11.9. The number of rotatable bonds is 5. The summed E-state index contributed by atoms with van der Waals surface area (Å²) in [5.74, 6) is 0.464. The fourth-order valence-corrected chi connectivity index (χ4v) is 1.42. The fourth-order valence-electron chi connectivity index (χ4n) is 1.42. The predicted octanol–water partition coefficient (Wildman–Crippen LogP) is 1.76. The smallest absolute Gasteiger partial charge is 0.241 e. The van der Waals surface area contributed by atoms with Gasteiger partial charge in [0, 0.05) is 0 Å². The van der Waals surface area contributed by atoms with Gasteiger partial charge in [-0.25, -0.2) is 0 Å². The molecule has 16 heavy (non-hydrogen) atoms. The summed E-state index contributed by atoms with van der Waals surface area (Å²) in [6.45, 7) is 2.00. The maximum Gasteiger partial charge on any atom is 0.241 e. The molecule has 1 atom stereocenters. The maximum absolute atomic E-state index is 11.7. The lowest BCUT2D eigenvalue weighted by Crippen LogP contribution is -2.35. The van der Waals surface area contributed by atoms with E-state index in [9.17, 15) is 4.79 Å². The average Bonchev–Trinajstić information content (AvgIpc) is 2.30. The zero-order valence-corrected chi connectivity index (χ0v) is 9.69. The SMILES string of the molecule is CCC[C@H](N)C(=O)Nc1ccccc1OC. The Morgan fingerprint density at radius 1 is 1.50 bits per heavy atom. The quantitative estimate of drug-likeness (QED) is 0.798. The molecule has 0 aromatic heterocycles. The van der Waals surface area contributed by atoms with Gasteiger partial charge in [-0.1, -0.05) is 25.5 Å². The number of hydrogen-bond acceptors (Lipinski definition) is 3. The molecule has 0 saturated heterocycles. The van der Waals surface area contributed by atoms with E-state index in [0.717, 1.165) is 6.42 Å². The van der Waals surface area contributed by atoms with Gasteiger partial charge in [0.2, 0.25) is 5.91 Å². The number of benzene rings is 1. The van der Waals surface area contributed by atoms with Crippen molar-refractivity contribution in [2.24, 2.45) is 5.73 Å². The first kappa shape index (κ1) is 12.5. The Morgan fingerprint density at radius 3 is 2.81 bits per heavy atom. The molecule has 3 N–H and O–H groups in total. The molecule has 4 heteroatoms. The van der Waals surface area contributed by atoms with E-state index in [2.05, 4.69) is 5.32 Å². The Kier molecular flexibility index (Phi) is 4.79. The molecule has 0 heterocycles. The molecule has 0 aliphatic rings. The lowest BCUT2D eigenvalue weighted by atomic mass is 10.1. The van der Waals surface area contributed by atoms with Crippen LogP contribution in [0.4, 0.5) is 5.69 Å². The summed E-state index contributed by atoms with van der Waals surface area (Å²) in [5.41, 5.74) is 6.37. The molecule has 88 valence electrons. The van der Waals surface area contributed by atoms with Crippen molar-refractivity contribution in [3.05, 3.63) is 24.3 Å². The number of methoxy groups -OCH3 is 1. The molecule has 0 saturated carbocycles. The molecule has 0 aliphatic heterocycles. The van der Waals surface area contributed by atoms with Gasteiger partial charge in [0.1, 0.15) is 5.75 Å². The number of carbonyl (C=O) groups is 1. The van der Waals surface area contributed by atoms with Crippen molar-refractivity contribution in [1.82, 2.24) is 0 Å². The van der Waals surface area contributed by atoms with E-state index in [-0.39, 0.29) is 5.91 Å². The monoisotopic (exact) mass is 222 g/mol. The van der Waals surface area contributed by atoms with Crippen LogP contribution >= 0.6 is 0 Å². The summed E-state index contributed by atoms with van der Waals surface area (Å²) >= 11 is 0. The summed E-state index contributed by atoms with van der Waals surface area (Å²) < 4.78 is 5.13. The van der Waals surface area contributed by atoms with Gasteiger partial charge in [0.15, 0.2) is 0 Å².